The number of primary amides is 1. The summed E-state index contributed by atoms with van der Waals surface area (Å²) < 4.78 is 5.18. The molecule has 2 aromatic carbocycles. The number of rotatable bonds is 7. The van der Waals surface area contributed by atoms with Crippen LogP contribution in [0.3, 0.4) is 0 Å². The molecule has 0 atom stereocenters. The number of methoxy groups -OCH3 is 1. The molecule has 3 N–H and O–H groups in total. The Morgan fingerprint density at radius 1 is 1.17 bits per heavy atom. The van der Waals surface area contributed by atoms with Gasteiger partial charge >= 0.3 is 0 Å². The van der Waals surface area contributed by atoms with E-state index in [2.05, 4.69) is 5.32 Å². The maximum atomic E-state index is 12.1. The van der Waals surface area contributed by atoms with E-state index in [1.807, 2.05) is 42.5 Å². The van der Waals surface area contributed by atoms with Crippen LogP contribution in [0, 0.1) is 0 Å². The number of nitrogens with two attached hydrogens (primary N) is 1. The third-order valence-electron chi connectivity index (χ3n) is 3.41. The molecule has 0 bridgehead atoms. The number of nitrogens with one attached hydrogen (secondary N) is 1. The maximum Gasteiger partial charge on any atom is 0.248 e. The molecule has 5 heteroatoms. The summed E-state index contributed by atoms with van der Waals surface area (Å²) in [6.45, 7) is 0. The first-order chi connectivity index (χ1) is 11.6. The van der Waals surface area contributed by atoms with Crippen molar-refractivity contribution in [2.45, 2.75) is 12.8 Å². The summed E-state index contributed by atoms with van der Waals surface area (Å²) in [5.74, 6) is -0.236. The quantitative estimate of drug-likeness (QED) is 0.820. The van der Waals surface area contributed by atoms with Crippen molar-refractivity contribution < 1.29 is 14.3 Å². The molecule has 0 aromatic heterocycles. The Kier molecular flexibility index (Phi) is 6.14. The number of hydrogen-bond donors (Lipinski definition) is 2. The first kappa shape index (κ1) is 17.3. The van der Waals surface area contributed by atoms with Crippen molar-refractivity contribution in [3.8, 4) is 5.75 Å². The Balaban J connectivity index is 1.93. The van der Waals surface area contributed by atoms with Gasteiger partial charge in [-0.25, -0.2) is 0 Å². The van der Waals surface area contributed by atoms with Gasteiger partial charge in [0.05, 0.1) is 12.8 Å². The molecule has 5 nitrogen and oxygen atoms in total. The van der Waals surface area contributed by atoms with E-state index in [4.69, 9.17) is 10.5 Å². The van der Waals surface area contributed by atoms with Crippen molar-refractivity contribution in [1.29, 1.82) is 0 Å². The zero-order chi connectivity index (χ0) is 17.4. The van der Waals surface area contributed by atoms with Crippen LogP contribution in [0.5, 0.6) is 5.75 Å². The fraction of sp³-hybridized carbons (Fsp3) is 0.158. The number of benzene rings is 2. The van der Waals surface area contributed by atoms with Gasteiger partial charge in [-0.1, -0.05) is 42.5 Å². The topological polar surface area (TPSA) is 81.4 Å². The van der Waals surface area contributed by atoms with Gasteiger partial charge in [-0.2, -0.15) is 0 Å². The molecule has 24 heavy (non-hydrogen) atoms. The van der Waals surface area contributed by atoms with Gasteiger partial charge in [0.2, 0.25) is 11.8 Å². The van der Waals surface area contributed by atoms with Gasteiger partial charge in [0.1, 0.15) is 5.75 Å². The summed E-state index contributed by atoms with van der Waals surface area (Å²) >= 11 is 0. The van der Waals surface area contributed by atoms with Crippen LogP contribution in [-0.2, 0) is 4.79 Å². The van der Waals surface area contributed by atoms with Crippen molar-refractivity contribution in [3.05, 3.63) is 65.7 Å². The fourth-order valence-electron chi connectivity index (χ4n) is 2.17. The van der Waals surface area contributed by atoms with E-state index in [9.17, 15) is 9.59 Å². The zero-order valence-corrected chi connectivity index (χ0v) is 13.5. The van der Waals surface area contributed by atoms with E-state index in [0.29, 0.717) is 29.8 Å². The predicted octanol–water partition coefficient (Wildman–Crippen LogP) is 3.23. The molecule has 0 aliphatic carbocycles. The molecule has 0 aliphatic rings. The van der Waals surface area contributed by atoms with Crippen LogP contribution < -0.4 is 15.8 Å². The van der Waals surface area contributed by atoms with E-state index in [1.54, 1.807) is 12.1 Å². The SMILES string of the molecule is COc1ccc(C(N)=O)cc1NC(=O)CCC=Cc1ccccc1. The Labute approximate surface area is 141 Å². The van der Waals surface area contributed by atoms with Gasteiger partial charge in [0, 0.05) is 12.0 Å². The second kappa shape index (κ2) is 8.53. The molecule has 0 aliphatic heterocycles. The highest BCUT2D eigenvalue weighted by Crippen LogP contribution is 2.25. The van der Waals surface area contributed by atoms with Gasteiger partial charge in [0.25, 0.3) is 0 Å². The number of amides is 2. The van der Waals surface area contributed by atoms with Crippen LogP contribution in [0.15, 0.2) is 54.6 Å². The van der Waals surface area contributed by atoms with E-state index < -0.39 is 5.91 Å². The molecule has 0 radical (unpaired) electrons. The van der Waals surface area contributed by atoms with Crippen molar-refractivity contribution in [3.63, 3.8) is 0 Å². The Morgan fingerprint density at radius 2 is 1.92 bits per heavy atom. The van der Waals surface area contributed by atoms with Crippen LogP contribution in [0.2, 0.25) is 0 Å². The lowest BCUT2D eigenvalue weighted by atomic mass is 10.1. The Morgan fingerprint density at radius 3 is 2.58 bits per heavy atom. The zero-order valence-electron chi connectivity index (χ0n) is 13.5. The summed E-state index contributed by atoms with van der Waals surface area (Å²) in [5.41, 5.74) is 7.10. The number of carbonyl (C=O) groups is 2. The molecule has 0 saturated heterocycles. The highest BCUT2D eigenvalue weighted by molar-refractivity contribution is 5.97. The third kappa shape index (κ3) is 4.98. The van der Waals surface area contributed by atoms with E-state index in [0.717, 1.165) is 5.56 Å². The van der Waals surface area contributed by atoms with Crippen molar-refractivity contribution in [2.24, 2.45) is 5.73 Å². The molecule has 2 amide bonds. The molecular weight excluding hydrogens is 304 g/mol. The summed E-state index contributed by atoms with van der Waals surface area (Å²) in [4.78, 5) is 23.3. The lowest BCUT2D eigenvalue weighted by Crippen LogP contribution is -2.14. The van der Waals surface area contributed by atoms with Gasteiger partial charge in [-0.05, 0) is 30.2 Å². The van der Waals surface area contributed by atoms with Crippen molar-refractivity contribution in [1.82, 2.24) is 0 Å². The van der Waals surface area contributed by atoms with E-state index in [1.165, 1.54) is 13.2 Å². The fourth-order valence-corrected chi connectivity index (χ4v) is 2.17. The van der Waals surface area contributed by atoms with Crippen molar-refractivity contribution in [2.75, 3.05) is 12.4 Å². The molecule has 0 heterocycles. The summed E-state index contributed by atoms with van der Waals surface area (Å²) in [7, 11) is 1.50. The number of ether oxygens (including phenoxy) is 1. The summed E-state index contributed by atoms with van der Waals surface area (Å²) in [5, 5.41) is 2.75. The first-order valence-electron chi connectivity index (χ1n) is 7.59. The van der Waals surface area contributed by atoms with Crippen LogP contribution in [0.1, 0.15) is 28.8 Å². The van der Waals surface area contributed by atoms with Crippen LogP contribution >= 0.6 is 0 Å². The van der Waals surface area contributed by atoms with Crippen molar-refractivity contribution >= 4 is 23.6 Å². The molecule has 2 rings (SSSR count). The average Bonchev–Trinajstić information content (AvgIpc) is 2.59. The number of hydrogen-bond acceptors (Lipinski definition) is 3. The van der Waals surface area contributed by atoms with Crippen LogP contribution in [0.25, 0.3) is 6.08 Å². The molecule has 2 aromatic rings. The average molecular weight is 324 g/mol. The highest BCUT2D eigenvalue weighted by atomic mass is 16.5. The van der Waals surface area contributed by atoms with E-state index >= 15 is 0 Å². The number of carbonyl (C=O) groups excluding carboxylic acids is 2. The lowest BCUT2D eigenvalue weighted by Gasteiger charge is -2.10. The monoisotopic (exact) mass is 324 g/mol. The molecule has 0 fully saturated rings. The van der Waals surface area contributed by atoms with Gasteiger partial charge < -0.3 is 15.8 Å². The second-order valence-electron chi connectivity index (χ2n) is 5.18. The van der Waals surface area contributed by atoms with E-state index in [-0.39, 0.29) is 5.91 Å². The van der Waals surface area contributed by atoms with Crippen LogP contribution in [-0.4, -0.2) is 18.9 Å². The first-order valence-corrected chi connectivity index (χ1v) is 7.59. The molecule has 124 valence electrons. The minimum atomic E-state index is -0.557. The Hall–Kier alpha value is -3.08. The standard InChI is InChI=1S/C19H20N2O3/c1-24-17-12-11-15(19(20)23)13-16(17)21-18(22)10-6-5-9-14-7-3-2-4-8-14/h2-5,7-9,11-13H,6,10H2,1H3,(H2,20,23)(H,21,22). The highest BCUT2D eigenvalue weighted by Gasteiger charge is 2.10. The largest absolute Gasteiger partial charge is 0.495 e. The smallest absolute Gasteiger partial charge is 0.248 e. The lowest BCUT2D eigenvalue weighted by molar-refractivity contribution is -0.116. The normalized spacial score (nSPS) is 10.5. The third-order valence-corrected chi connectivity index (χ3v) is 3.41. The predicted molar refractivity (Wildman–Crippen MR) is 94.9 cm³/mol. The minimum Gasteiger partial charge on any atom is -0.495 e. The molecule has 0 unspecified atom stereocenters. The van der Waals surface area contributed by atoms with Gasteiger partial charge in [0.15, 0.2) is 0 Å². The minimum absolute atomic E-state index is 0.160. The number of anilines is 1. The Bertz CT molecular complexity index is 740. The van der Waals surface area contributed by atoms with Gasteiger partial charge in [-0.3, -0.25) is 9.59 Å². The summed E-state index contributed by atoms with van der Waals surface area (Å²) in [6, 6.07) is 14.5. The van der Waals surface area contributed by atoms with Gasteiger partial charge in [-0.15, -0.1) is 0 Å². The summed E-state index contributed by atoms with van der Waals surface area (Å²) in [6.07, 6.45) is 4.86. The molecule has 0 spiro atoms. The molecule has 0 saturated carbocycles. The maximum absolute atomic E-state index is 12.1. The second-order valence-corrected chi connectivity index (χ2v) is 5.18. The molecular formula is C19H20N2O3. The van der Waals surface area contributed by atoms with Crippen LogP contribution in [0.4, 0.5) is 5.69 Å². The number of allylic oxidation sites excluding steroid dienone is 1.